The number of aromatic nitrogens is 5. The average molecular weight is 369 g/mol. The number of hydrogen-bond acceptors (Lipinski definition) is 3. The van der Waals surface area contributed by atoms with E-state index in [1.165, 1.54) is 4.52 Å². The van der Waals surface area contributed by atoms with Gasteiger partial charge in [-0.2, -0.15) is 9.61 Å². The van der Waals surface area contributed by atoms with Gasteiger partial charge in [-0.05, 0) is 35.9 Å². The number of halogens is 1. The number of aromatic amines is 1. The Labute approximate surface area is 122 Å². The molecular weight excluding hydrogens is 357 g/mol. The minimum atomic E-state index is -0.0601. The van der Waals surface area contributed by atoms with Crippen LogP contribution in [0.25, 0.3) is 11.3 Å². The molecular formula is C12H12IN5O. The van der Waals surface area contributed by atoms with Crippen molar-refractivity contribution in [2.75, 3.05) is 0 Å². The normalized spacial score (nSPS) is 11.3. The van der Waals surface area contributed by atoms with Crippen LogP contribution in [0.2, 0.25) is 0 Å². The zero-order chi connectivity index (χ0) is 13.6. The Balaban J connectivity index is 2.37. The van der Waals surface area contributed by atoms with Crippen LogP contribution < -0.4 is 5.56 Å². The van der Waals surface area contributed by atoms with Crippen LogP contribution in [-0.2, 0) is 6.42 Å². The highest BCUT2D eigenvalue weighted by Gasteiger charge is 2.14. The highest BCUT2D eigenvalue weighted by molar-refractivity contribution is 14.1. The smallest absolute Gasteiger partial charge is 0.277 e. The van der Waals surface area contributed by atoms with Gasteiger partial charge in [0, 0.05) is 11.3 Å². The Morgan fingerprint density at radius 2 is 2.21 bits per heavy atom. The van der Waals surface area contributed by atoms with Crippen molar-refractivity contribution in [2.24, 2.45) is 0 Å². The summed E-state index contributed by atoms with van der Waals surface area (Å²) in [6, 6.07) is 0. The quantitative estimate of drug-likeness (QED) is 0.699. The summed E-state index contributed by atoms with van der Waals surface area (Å²) in [4.78, 5) is 19.7. The fourth-order valence-electron chi connectivity index (χ4n) is 2.20. The van der Waals surface area contributed by atoms with E-state index in [9.17, 15) is 4.79 Å². The SMILES string of the molecule is CCc1c(C)[nH]c2c(-n3cncc3I)cnn2c1=O. The van der Waals surface area contributed by atoms with Crippen molar-refractivity contribution >= 4 is 28.2 Å². The van der Waals surface area contributed by atoms with E-state index in [2.05, 4.69) is 37.7 Å². The first kappa shape index (κ1) is 12.4. The van der Waals surface area contributed by atoms with Crippen molar-refractivity contribution in [3.8, 4) is 5.69 Å². The summed E-state index contributed by atoms with van der Waals surface area (Å²) in [7, 11) is 0. The van der Waals surface area contributed by atoms with Gasteiger partial charge in [-0.25, -0.2) is 4.98 Å². The predicted octanol–water partition coefficient (Wildman–Crippen LogP) is 1.68. The monoisotopic (exact) mass is 369 g/mol. The van der Waals surface area contributed by atoms with Crippen LogP contribution in [0.4, 0.5) is 0 Å². The topological polar surface area (TPSA) is 68.0 Å². The molecule has 98 valence electrons. The summed E-state index contributed by atoms with van der Waals surface area (Å²) >= 11 is 2.19. The Morgan fingerprint density at radius 1 is 1.42 bits per heavy atom. The average Bonchev–Trinajstić information content (AvgIpc) is 2.96. The Hall–Kier alpha value is -1.64. The van der Waals surface area contributed by atoms with Gasteiger partial charge in [0.2, 0.25) is 0 Å². The highest BCUT2D eigenvalue weighted by atomic mass is 127. The molecule has 7 heteroatoms. The zero-order valence-electron chi connectivity index (χ0n) is 10.5. The third kappa shape index (κ3) is 1.79. The molecule has 0 radical (unpaired) electrons. The first-order valence-electron chi connectivity index (χ1n) is 5.91. The fourth-order valence-corrected chi connectivity index (χ4v) is 2.75. The molecule has 0 aromatic carbocycles. The standard InChI is InChI=1S/C12H12IN5O/c1-3-8-7(2)16-11-9(4-15-18(11)12(8)19)17-6-14-5-10(17)13/h4-6,16H,3H2,1-2H3. The van der Waals surface area contributed by atoms with E-state index in [-0.39, 0.29) is 5.56 Å². The van der Waals surface area contributed by atoms with Gasteiger partial charge in [-0.15, -0.1) is 0 Å². The predicted molar refractivity (Wildman–Crippen MR) is 79.8 cm³/mol. The molecule has 19 heavy (non-hydrogen) atoms. The van der Waals surface area contributed by atoms with Gasteiger partial charge in [0.05, 0.1) is 12.4 Å². The Bertz CT molecular complexity index is 813. The van der Waals surface area contributed by atoms with Crippen molar-refractivity contribution < 1.29 is 0 Å². The maximum Gasteiger partial charge on any atom is 0.277 e. The first-order valence-corrected chi connectivity index (χ1v) is 6.99. The summed E-state index contributed by atoms with van der Waals surface area (Å²) in [6.07, 6.45) is 5.83. The molecule has 0 bridgehead atoms. The maximum absolute atomic E-state index is 12.3. The second-order valence-corrected chi connectivity index (χ2v) is 5.37. The Morgan fingerprint density at radius 3 is 2.84 bits per heavy atom. The number of aryl methyl sites for hydroxylation is 1. The number of fused-ring (bicyclic) bond motifs is 1. The van der Waals surface area contributed by atoms with Crippen molar-refractivity contribution in [1.29, 1.82) is 0 Å². The van der Waals surface area contributed by atoms with Crippen molar-refractivity contribution in [3.05, 3.63) is 44.0 Å². The third-order valence-corrected chi connectivity index (χ3v) is 3.96. The molecule has 0 aliphatic carbocycles. The molecule has 3 heterocycles. The summed E-state index contributed by atoms with van der Waals surface area (Å²) in [5.74, 6) is 0. The lowest BCUT2D eigenvalue weighted by molar-refractivity contribution is 0.852. The number of H-pyrrole nitrogens is 1. The van der Waals surface area contributed by atoms with Crippen LogP contribution in [0.5, 0.6) is 0 Å². The minimum Gasteiger partial charge on any atom is -0.342 e. The molecule has 0 aliphatic heterocycles. The number of imidazole rings is 1. The van der Waals surface area contributed by atoms with Crippen LogP contribution in [0.3, 0.4) is 0 Å². The summed E-state index contributed by atoms with van der Waals surface area (Å²) in [6.45, 7) is 3.88. The van der Waals surface area contributed by atoms with Gasteiger partial charge < -0.3 is 4.98 Å². The number of nitrogens with one attached hydrogen (secondary N) is 1. The summed E-state index contributed by atoms with van der Waals surface area (Å²) in [5.41, 5.74) is 3.11. The molecule has 0 saturated carbocycles. The zero-order valence-corrected chi connectivity index (χ0v) is 12.7. The maximum atomic E-state index is 12.3. The molecule has 0 fully saturated rings. The number of rotatable bonds is 2. The number of nitrogens with zero attached hydrogens (tertiary/aromatic N) is 4. The van der Waals surface area contributed by atoms with Crippen LogP contribution in [0.15, 0.2) is 23.5 Å². The molecule has 0 amide bonds. The van der Waals surface area contributed by atoms with E-state index in [1.54, 1.807) is 18.7 Å². The van der Waals surface area contributed by atoms with Gasteiger partial charge in [-0.3, -0.25) is 9.36 Å². The molecule has 1 N–H and O–H groups in total. The number of hydrogen-bond donors (Lipinski definition) is 1. The molecule has 0 atom stereocenters. The van der Waals surface area contributed by atoms with E-state index in [4.69, 9.17) is 0 Å². The van der Waals surface area contributed by atoms with E-state index in [0.29, 0.717) is 12.1 Å². The molecule has 0 spiro atoms. The molecule has 0 unspecified atom stereocenters. The molecule has 3 aromatic heterocycles. The minimum absolute atomic E-state index is 0.0601. The van der Waals surface area contributed by atoms with Gasteiger partial charge in [-0.1, -0.05) is 6.92 Å². The van der Waals surface area contributed by atoms with E-state index >= 15 is 0 Å². The van der Waals surface area contributed by atoms with Crippen LogP contribution >= 0.6 is 22.6 Å². The van der Waals surface area contributed by atoms with Gasteiger partial charge >= 0.3 is 0 Å². The third-order valence-electron chi connectivity index (χ3n) is 3.17. The first-order chi connectivity index (χ1) is 9.13. The van der Waals surface area contributed by atoms with Gasteiger partial charge in [0.15, 0.2) is 5.65 Å². The molecule has 3 rings (SSSR count). The lowest BCUT2D eigenvalue weighted by Crippen LogP contribution is -2.21. The molecule has 0 saturated heterocycles. The second kappa shape index (κ2) is 4.48. The molecule has 6 nitrogen and oxygen atoms in total. The van der Waals surface area contributed by atoms with Crippen LogP contribution in [-0.4, -0.2) is 24.1 Å². The van der Waals surface area contributed by atoms with E-state index < -0.39 is 0 Å². The van der Waals surface area contributed by atoms with Gasteiger partial charge in [0.25, 0.3) is 5.56 Å². The largest absolute Gasteiger partial charge is 0.342 e. The van der Waals surface area contributed by atoms with E-state index in [0.717, 1.165) is 20.6 Å². The van der Waals surface area contributed by atoms with Crippen LogP contribution in [0, 0.1) is 10.6 Å². The molecule has 0 aliphatic rings. The summed E-state index contributed by atoms with van der Waals surface area (Å²) in [5, 5.41) is 4.19. The lowest BCUT2D eigenvalue weighted by atomic mass is 10.2. The summed E-state index contributed by atoms with van der Waals surface area (Å²) < 4.78 is 4.27. The fraction of sp³-hybridized carbons (Fsp3) is 0.250. The van der Waals surface area contributed by atoms with Crippen molar-refractivity contribution in [2.45, 2.75) is 20.3 Å². The van der Waals surface area contributed by atoms with E-state index in [1.807, 2.05) is 18.4 Å². The van der Waals surface area contributed by atoms with Gasteiger partial charge in [0.1, 0.15) is 15.7 Å². The second-order valence-electron chi connectivity index (χ2n) is 4.26. The Kier molecular flexibility index (Phi) is 2.92. The lowest BCUT2D eigenvalue weighted by Gasteiger charge is -2.06. The molecule has 3 aromatic rings. The highest BCUT2D eigenvalue weighted by Crippen LogP contribution is 2.17. The van der Waals surface area contributed by atoms with Crippen LogP contribution in [0.1, 0.15) is 18.2 Å². The van der Waals surface area contributed by atoms with Crippen molar-refractivity contribution in [3.63, 3.8) is 0 Å². The van der Waals surface area contributed by atoms with Crippen molar-refractivity contribution in [1.82, 2.24) is 24.1 Å².